The molecule has 1 aromatic heterocycles. The summed E-state index contributed by atoms with van der Waals surface area (Å²) in [5, 5.41) is 0.923. The van der Waals surface area contributed by atoms with Gasteiger partial charge in [-0.1, -0.05) is 20.8 Å². The number of morpholine rings is 1. The number of ketones is 1. The van der Waals surface area contributed by atoms with Gasteiger partial charge in [0.1, 0.15) is 24.0 Å². The minimum absolute atomic E-state index is 0.0160. The highest BCUT2D eigenvalue weighted by Gasteiger charge is 2.28. The van der Waals surface area contributed by atoms with Crippen LogP contribution in [0.4, 0.5) is 0 Å². The van der Waals surface area contributed by atoms with Gasteiger partial charge in [-0.3, -0.25) is 4.79 Å². The van der Waals surface area contributed by atoms with E-state index in [1.165, 1.54) is 0 Å². The fourth-order valence-corrected chi connectivity index (χ4v) is 3.00. The van der Waals surface area contributed by atoms with Gasteiger partial charge in [-0.25, -0.2) is 0 Å². The molecule has 1 saturated heterocycles. The molecule has 5 nitrogen and oxygen atoms in total. The molecule has 0 unspecified atom stereocenters. The average Bonchev–Trinajstić information content (AvgIpc) is 2.88. The van der Waals surface area contributed by atoms with Gasteiger partial charge in [-0.2, -0.15) is 0 Å². The van der Waals surface area contributed by atoms with Crippen LogP contribution in [0.1, 0.15) is 36.9 Å². The van der Waals surface area contributed by atoms with Crippen LogP contribution in [0.2, 0.25) is 0 Å². The summed E-state index contributed by atoms with van der Waals surface area (Å²) in [6.45, 7) is 10.7. The van der Waals surface area contributed by atoms with Crippen LogP contribution in [0.5, 0.6) is 5.75 Å². The smallest absolute Gasteiger partial charge is 0.203 e. The lowest BCUT2D eigenvalue weighted by molar-refractivity contribution is -0.0403. The van der Waals surface area contributed by atoms with Crippen LogP contribution in [-0.4, -0.2) is 50.1 Å². The molecule has 5 heteroatoms. The summed E-state index contributed by atoms with van der Waals surface area (Å²) < 4.78 is 17.5. The summed E-state index contributed by atoms with van der Waals surface area (Å²) in [5.41, 5.74) is 1.11. The number of benzene rings is 1. The second-order valence-corrected chi connectivity index (χ2v) is 7.86. The topological polar surface area (TPSA) is 51.9 Å². The largest absolute Gasteiger partial charge is 0.491 e. The first kappa shape index (κ1) is 18.0. The molecule has 25 heavy (non-hydrogen) atoms. The van der Waals surface area contributed by atoms with Crippen molar-refractivity contribution >= 4 is 16.8 Å². The van der Waals surface area contributed by atoms with Crippen molar-refractivity contribution in [1.29, 1.82) is 0 Å². The Balaban J connectivity index is 1.78. The summed E-state index contributed by atoms with van der Waals surface area (Å²) >= 11 is 0. The number of likely N-dealkylation sites (N-methyl/N-ethyl adjacent to an activating group) is 1. The number of carbonyl (C=O) groups is 1. The molecule has 2 aromatic rings. The fraction of sp³-hybridized carbons (Fsp3) is 0.550. The Morgan fingerprint density at radius 3 is 2.80 bits per heavy atom. The molecule has 1 fully saturated rings. The number of hydrogen-bond acceptors (Lipinski definition) is 5. The Hall–Kier alpha value is -1.85. The highest BCUT2D eigenvalue weighted by molar-refractivity contribution is 6.03. The average molecular weight is 345 g/mol. The monoisotopic (exact) mass is 345 g/mol. The molecule has 3 rings (SSSR count). The molecule has 1 atom stereocenters. The first-order valence-corrected chi connectivity index (χ1v) is 8.76. The highest BCUT2D eigenvalue weighted by Crippen LogP contribution is 2.32. The Kier molecular flexibility index (Phi) is 4.89. The zero-order valence-electron chi connectivity index (χ0n) is 15.7. The van der Waals surface area contributed by atoms with E-state index in [-0.39, 0.29) is 11.9 Å². The van der Waals surface area contributed by atoms with Gasteiger partial charge in [-0.15, -0.1) is 0 Å². The third-order valence-electron chi connectivity index (χ3n) is 4.57. The SMILES string of the molecule is Cc1c(C(=O)C(C)(C)C)oc2ccc(OC[C@H]3CN(C)CCO3)cc12. The van der Waals surface area contributed by atoms with Crippen LogP contribution in [0.25, 0.3) is 11.0 Å². The van der Waals surface area contributed by atoms with Gasteiger partial charge in [0.05, 0.1) is 6.61 Å². The minimum Gasteiger partial charge on any atom is -0.491 e. The molecule has 136 valence electrons. The fourth-order valence-electron chi connectivity index (χ4n) is 3.00. The minimum atomic E-state index is -0.470. The van der Waals surface area contributed by atoms with Crippen LogP contribution in [-0.2, 0) is 4.74 Å². The Morgan fingerprint density at radius 1 is 1.36 bits per heavy atom. The van der Waals surface area contributed by atoms with E-state index in [0.29, 0.717) is 18.0 Å². The van der Waals surface area contributed by atoms with Crippen molar-refractivity contribution in [2.45, 2.75) is 33.8 Å². The molecule has 0 N–H and O–H groups in total. The number of aryl methyl sites for hydroxylation is 1. The van der Waals surface area contributed by atoms with Gasteiger partial charge in [0.15, 0.2) is 5.76 Å². The standard InChI is InChI=1S/C20H27NO4/c1-13-16-10-14(24-12-15-11-21(5)8-9-23-15)6-7-17(16)25-18(13)19(22)20(2,3)4/h6-7,10,15H,8-9,11-12H2,1-5H3/t15-/m1/s1. The van der Waals surface area contributed by atoms with Crippen molar-refractivity contribution < 1.29 is 18.7 Å². The van der Waals surface area contributed by atoms with Crippen molar-refractivity contribution in [3.63, 3.8) is 0 Å². The molecule has 1 aliphatic heterocycles. The molecule has 0 amide bonds. The summed E-state index contributed by atoms with van der Waals surface area (Å²) in [5.74, 6) is 1.22. The predicted molar refractivity (Wildman–Crippen MR) is 97.5 cm³/mol. The summed E-state index contributed by atoms with van der Waals surface area (Å²) in [4.78, 5) is 14.8. The normalized spacial score (nSPS) is 19.3. The molecule has 1 aromatic carbocycles. The second-order valence-electron chi connectivity index (χ2n) is 7.86. The van der Waals surface area contributed by atoms with Gasteiger partial charge in [0.25, 0.3) is 0 Å². The van der Waals surface area contributed by atoms with Crippen LogP contribution in [0, 0.1) is 12.3 Å². The van der Waals surface area contributed by atoms with Gasteiger partial charge in [-0.05, 0) is 32.2 Å². The number of nitrogens with zero attached hydrogens (tertiary/aromatic N) is 1. The number of hydrogen-bond donors (Lipinski definition) is 0. The predicted octanol–water partition coefficient (Wildman–Crippen LogP) is 3.68. The lowest BCUT2D eigenvalue weighted by Gasteiger charge is -2.29. The van der Waals surface area contributed by atoms with E-state index in [0.717, 1.165) is 36.4 Å². The van der Waals surface area contributed by atoms with Gasteiger partial charge in [0.2, 0.25) is 5.78 Å². The van der Waals surface area contributed by atoms with E-state index < -0.39 is 5.41 Å². The highest BCUT2D eigenvalue weighted by atomic mass is 16.5. The molecule has 0 bridgehead atoms. The molecule has 0 radical (unpaired) electrons. The van der Waals surface area contributed by atoms with E-state index in [1.54, 1.807) is 0 Å². The van der Waals surface area contributed by atoms with Gasteiger partial charge in [0, 0.05) is 29.5 Å². The number of furan rings is 1. The maximum atomic E-state index is 12.6. The van der Waals surface area contributed by atoms with E-state index in [9.17, 15) is 4.79 Å². The number of fused-ring (bicyclic) bond motifs is 1. The van der Waals surface area contributed by atoms with Crippen molar-refractivity contribution in [3.05, 3.63) is 29.5 Å². The second kappa shape index (κ2) is 6.81. The first-order valence-electron chi connectivity index (χ1n) is 8.76. The number of Topliss-reactive ketones (excluding diaryl/α,β-unsaturated/α-hetero) is 1. The van der Waals surface area contributed by atoms with Gasteiger partial charge < -0.3 is 18.8 Å². The van der Waals surface area contributed by atoms with E-state index >= 15 is 0 Å². The molecule has 2 heterocycles. The third kappa shape index (κ3) is 3.88. The van der Waals surface area contributed by atoms with Crippen LogP contribution < -0.4 is 4.74 Å². The summed E-state index contributed by atoms with van der Waals surface area (Å²) in [6.07, 6.45) is 0.0814. The quantitative estimate of drug-likeness (QED) is 0.791. The summed E-state index contributed by atoms with van der Waals surface area (Å²) in [6, 6.07) is 5.69. The maximum Gasteiger partial charge on any atom is 0.203 e. The molecule has 0 aliphatic carbocycles. The van der Waals surface area contributed by atoms with E-state index in [1.807, 2.05) is 45.9 Å². The molecular weight excluding hydrogens is 318 g/mol. The van der Waals surface area contributed by atoms with Crippen LogP contribution >= 0.6 is 0 Å². The lowest BCUT2D eigenvalue weighted by Crippen LogP contribution is -2.42. The van der Waals surface area contributed by atoms with Crippen LogP contribution in [0.3, 0.4) is 0 Å². The van der Waals surface area contributed by atoms with Crippen molar-refractivity contribution in [3.8, 4) is 5.75 Å². The summed E-state index contributed by atoms with van der Waals surface area (Å²) in [7, 11) is 2.09. The van der Waals surface area contributed by atoms with Crippen LogP contribution in [0.15, 0.2) is 22.6 Å². The molecule has 0 spiro atoms. The zero-order valence-corrected chi connectivity index (χ0v) is 15.7. The number of ether oxygens (including phenoxy) is 2. The van der Waals surface area contributed by atoms with E-state index in [4.69, 9.17) is 13.9 Å². The maximum absolute atomic E-state index is 12.6. The van der Waals surface area contributed by atoms with Gasteiger partial charge >= 0.3 is 0 Å². The lowest BCUT2D eigenvalue weighted by atomic mass is 9.88. The van der Waals surface area contributed by atoms with Crippen molar-refractivity contribution in [1.82, 2.24) is 4.90 Å². The Morgan fingerprint density at radius 2 is 2.12 bits per heavy atom. The Labute approximate surface area is 148 Å². The molecular formula is C20H27NO4. The number of carbonyl (C=O) groups excluding carboxylic acids is 1. The van der Waals surface area contributed by atoms with Crippen molar-refractivity contribution in [2.75, 3.05) is 33.4 Å². The third-order valence-corrected chi connectivity index (χ3v) is 4.57. The first-order chi connectivity index (χ1) is 11.8. The van der Waals surface area contributed by atoms with E-state index in [2.05, 4.69) is 11.9 Å². The Bertz CT molecular complexity index is 772. The molecule has 1 aliphatic rings. The molecule has 0 saturated carbocycles. The zero-order chi connectivity index (χ0) is 18.2. The van der Waals surface area contributed by atoms with Crippen molar-refractivity contribution in [2.24, 2.45) is 5.41 Å². The number of rotatable bonds is 4.